The van der Waals surface area contributed by atoms with E-state index in [0.717, 1.165) is 0 Å². The quantitative estimate of drug-likeness (QED) is 0.570. The summed E-state index contributed by atoms with van der Waals surface area (Å²) in [6.45, 7) is 1.48. The van der Waals surface area contributed by atoms with Crippen LogP contribution in [0.25, 0.3) is 0 Å². The van der Waals surface area contributed by atoms with Crippen LogP contribution < -0.4 is 11.5 Å². The molecule has 0 atom stereocenters. The van der Waals surface area contributed by atoms with Gasteiger partial charge in [-0.3, -0.25) is 4.79 Å². The third-order valence-electron chi connectivity index (χ3n) is 1.57. The molecule has 64 valence electrons. The molecule has 12 heavy (non-hydrogen) atoms. The molecule has 0 aliphatic heterocycles. The maximum Gasteiger partial charge on any atom is 0.159 e. The Bertz CT molecular complexity index is 313. The number of carbonyl (C=O) groups excluding carboxylic acids is 1. The summed E-state index contributed by atoms with van der Waals surface area (Å²) in [5, 5.41) is 0. The number of rotatable bonds is 1. The number of ketones is 1. The summed E-state index contributed by atoms with van der Waals surface area (Å²) < 4.78 is 0.660. The van der Waals surface area contributed by atoms with Gasteiger partial charge in [0, 0.05) is 10.0 Å². The minimum Gasteiger partial charge on any atom is -0.397 e. The Morgan fingerprint density at radius 3 is 2.42 bits per heavy atom. The van der Waals surface area contributed by atoms with Crippen LogP contribution in [0, 0.1) is 0 Å². The molecule has 4 heteroatoms. The number of hydrogen-bond donors (Lipinski definition) is 2. The van der Waals surface area contributed by atoms with Crippen molar-refractivity contribution in [1.82, 2.24) is 0 Å². The van der Waals surface area contributed by atoms with E-state index < -0.39 is 0 Å². The third-order valence-corrected chi connectivity index (χ3v) is 2.22. The first kappa shape index (κ1) is 9.06. The Labute approximate surface area is 78.9 Å². The van der Waals surface area contributed by atoms with Crippen molar-refractivity contribution >= 4 is 33.1 Å². The molecule has 0 saturated heterocycles. The van der Waals surface area contributed by atoms with E-state index >= 15 is 0 Å². The lowest BCUT2D eigenvalue weighted by Gasteiger charge is -2.04. The first-order chi connectivity index (χ1) is 5.52. The molecular formula is C8H9BrN2O. The van der Waals surface area contributed by atoms with E-state index in [4.69, 9.17) is 11.5 Å². The molecule has 0 fully saturated rings. The number of nitrogen functional groups attached to an aromatic ring is 2. The maximum atomic E-state index is 10.9. The first-order valence-electron chi connectivity index (χ1n) is 3.38. The van der Waals surface area contributed by atoms with Crippen LogP contribution in [0.2, 0.25) is 0 Å². The number of hydrogen-bond acceptors (Lipinski definition) is 3. The van der Waals surface area contributed by atoms with Crippen molar-refractivity contribution in [3.63, 3.8) is 0 Å². The topological polar surface area (TPSA) is 69.1 Å². The third kappa shape index (κ3) is 1.58. The summed E-state index contributed by atoms with van der Waals surface area (Å²) in [5.41, 5.74) is 12.6. The highest BCUT2D eigenvalue weighted by atomic mass is 79.9. The number of carbonyl (C=O) groups is 1. The molecule has 0 unspecified atom stereocenters. The molecule has 3 nitrogen and oxygen atoms in total. The fourth-order valence-corrected chi connectivity index (χ4v) is 1.32. The molecule has 0 saturated carbocycles. The maximum absolute atomic E-state index is 10.9. The summed E-state index contributed by atoms with van der Waals surface area (Å²) >= 11 is 3.21. The minimum absolute atomic E-state index is 0.0256. The van der Waals surface area contributed by atoms with Gasteiger partial charge in [0.1, 0.15) is 0 Å². The SMILES string of the molecule is CC(=O)c1cc(N)c(N)c(Br)c1. The highest BCUT2D eigenvalue weighted by molar-refractivity contribution is 9.10. The lowest BCUT2D eigenvalue weighted by molar-refractivity contribution is 0.101. The second-order valence-corrected chi connectivity index (χ2v) is 3.37. The number of anilines is 2. The molecule has 1 rings (SSSR count). The normalized spacial score (nSPS) is 9.83. The highest BCUT2D eigenvalue weighted by Crippen LogP contribution is 2.27. The van der Waals surface area contributed by atoms with Crippen LogP contribution in [0.5, 0.6) is 0 Å². The molecular weight excluding hydrogens is 220 g/mol. The number of benzene rings is 1. The second-order valence-electron chi connectivity index (χ2n) is 2.52. The van der Waals surface area contributed by atoms with Gasteiger partial charge in [-0.15, -0.1) is 0 Å². The van der Waals surface area contributed by atoms with Crippen LogP contribution in [-0.4, -0.2) is 5.78 Å². The summed E-state index contributed by atoms with van der Waals surface area (Å²) in [4.78, 5) is 10.9. The van der Waals surface area contributed by atoms with Crippen LogP contribution in [0.4, 0.5) is 11.4 Å². The van der Waals surface area contributed by atoms with E-state index in [1.807, 2.05) is 0 Å². The van der Waals surface area contributed by atoms with Gasteiger partial charge in [0.2, 0.25) is 0 Å². The van der Waals surface area contributed by atoms with Gasteiger partial charge in [0.05, 0.1) is 11.4 Å². The number of halogens is 1. The summed E-state index contributed by atoms with van der Waals surface area (Å²) in [6, 6.07) is 3.23. The van der Waals surface area contributed by atoms with E-state index in [9.17, 15) is 4.79 Å². The second kappa shape index (κ2) is 3.15. The molecule has 0 amide bonds. The number of Topliss-reactive ketones (excluding diaryl/α,β-unsaturated/α-hetero) is 1. The Kier molecular flexibility index (Phi) is 2.38. The lowest BCUT2D eigenvalue weighted by atomic mass is 10.1. The largest absolute Gasteiger partial charge is 0.397 e. The molecule has 0 aromatic heterocycles. The molecule has 0 bridgehead atoms. The summed E-state index contributed by atoms with van der Waals surface area (Å²) in [6.07, 6.45) is 0. The summed E-state index contributed by atoms with van der Waals surface area (Å²) in [7, 11) is 0. The zero-order valence-electron chi connectivity index (χ0n) is 6.60. The Morgan fingerprint density at radius 1 is 1.42 bits per heavy atom. The van der Waals surface area contributed by atoms with Gasteiger partial charge >= 0.3 is 0 Å². The van der Waals surface area contributed by atoms with Crippen molar-refractivity contribution in [1.29, 1.82) is 0 Å². The number of nitrogens with two attached hydrogens (primary N) is 2. The van der Waals surface area contributed by atoms with E-state index in [-0.39, 0.29) is 5.78 Å². The van der Waals surface area contributed by atoms with Crippen LogP contribution in [-0.2, 0) is 0 Å². The lowest BCUT2D eigenvalue weighted by Crippen LogP contribution is -2.00. The minimum atomic E-state index is -0.0256. The van der Waals surface area contributed by atoms with Crippen molar-refractivity contribution in [2.24, 2.45) is 0 Å². The molecule has 1 aromatic carbocycles. The average Bonchev–Trinajstić information content (AvgIpc) is 1.99. The van der Waals surface area contributed by atoms with Crippen LogP contribution >= 0.6 is 15.9 Å². The van der Waals surface area contributed by atoms with Crippen molar-refractivity contribution in [2.75, 3.05) is 11.5 Å². The molecule has 0 radical (unpaired) electrons. The van der Waals surface area contributed by atoms with Crippen molar-refractivity contribution in [3.8, 4) is 0 Å². The van der Waals surface area contributed by atoms with Crippen LogP contribution in [0.3, 0.4) is 0 Å². The van der Waals surface area contributed by atoms with Gasteiger partial charge in [-0.2, -0.15) is 0 Å². The van der Waals surface area contributed by atoms with Crippen LogP contribution in [0.1, 0.15) is 17.3 Å². The smallest absolute Gasteiger partial charge is 0.159 e. The molecule has 0 spiro atoms. The van der Waals surface area contributed by atoms with Crippen LogP contribution in [0.15, 0.2) is 16.6 Å². The van der Waals surface area contributed by atoms with E-state index in [0.29, 0.717) is 21.4 Å². The first-order valence-corrected chi connectivity index (χ1v) is 4.17. The fourth-order valence-electron chi connectivity index (χ4n) is 0.842. The van der Waals surface area contributed by atoms with Crippen molar-refractivity contribution < 1.29 is 4.79 Å². The molecule has 4 N–H and O–H groups in total. The molecule has 0 aliphatic carbocycles. The van der Waals surface area contributed by atoms with E-state index in [1.54, 1.807) is 12.1 Å². The molecule has 0 aliphatic rings. The van der Waals surface area contributed by atoms with Gasteiger partial charge in [-0.1, -0.05) is 0 Å². The van der Waals surface area contributed by atoms with Gasteiger partial charge in [0.25, 0.3) is 0 Å². The van der Waals surface area contributed by atoms with Gasteiger partial charge in [-0.05, 0) is 35.0 Å². The van der Waals surface area contributed by atoms with Crippen molar-refractivity contribution in [2.45, 2.75) is 6.92 Å². The Hall–Kier alpha value is -1.03. The van der Waals surface area contributed by atoms with Gasteiger partial charge in [0.15, 0.2) is 5.78 Å². The van der Waals surface area contributed by atoms with Crippen molar-refractivity contribution in [3.05, 3.63) is 22.2 Å². The van der Waals surface area contributed by atoms with Gasteiger partial charge < -0.3 is 11.5 Å². The Morgan fingerprint density at radius 2 is 2.00 bits per heavy atom. The van der Waals surface area contributed by atoms with E-state index in [1.165, 1.54) is 6.92 Å². The molecule has 1 aromatic rings. The summed E-state index contributed by atoms with van der Waals surface area (Å²) in [5.74, 6) is -0.0256. The monoisotopic (exact) mass is 228 g/mol. The molecule has 0 heterocycles. The standard InChI is InChI=1S/C8H9BrN2O/c1-4(12)5-2-6(9)8(11)7(10)3-5/h2-3H,10-11H2,1H3. The average molecular weight is 229 g/mol. The predicted octanol–water partition coefficient (Wildman–Crippen LogP) is 1.82. The highest BCUT2D eigenvalue weighted by Gasteiger charge is 2.05. The zero-order valence-corrected chi connectivity index (χ0v) is 8.18. The zero-order chi connectivity index (χ0) is 9.30. The fraction of sp³-hybridized carbons (Fsp3) is 0.125. The Balaban J connectivity index is 3.31. The van der Waals surface area contributed by atoms with Gasteiger partial charge in [-0.25, -0.2) is 0 Å². The predicted molar refractivity (Wildman–Crippen MR) is 53.0 cm³/mol. The van der Waals surface area contributed by atoms with E-state index in [2.05, 4.69) is 15.9 Å².